The van der Waals surface area contributed by atoms with E-state index in [1.165, 1.54) is 13.1 Å². The van der Waals surface area contributed by atoms with Crippen LogP contribution in [0.3, 0.4) is 0 Å². The Kier molecular flexibility index (Phi) is 4.68. The molecule has 1 amide bonds. The van der Waals surface area contributed by atoms with Gasteiger partial charge in [-0.3, -0.25) is 14.9 Å². The molecule has 0 saturated carbocycles. The van der Waals surface area contributed by atoms with Crippen LogP contribution in [0.5, 0.6) is 0 Å². The van der Waals surface area contributed by atoms with E-state index in [0.717, 1.165) is 32.4 Å². The highest BCUT2D eigenvalue weighted by molar-refractivity contribution is 5.95. The number of carbonyl (C=O) groups excluding carboxylic acids is 1. The number of hydrogen-bond acceptors (Lipinski definition) is 4. The first-order valence-electron chi connectivity index (χ1n) is 7.59. The lowest BCUT2D eigenvalue weighted by atomic mass is 9.85. The third-order valence-corrected chi connectivity index (χ3v) is 4.34. The smallest absolute Gasteiger partial charge is 0.293 e. The average molecular weight is 305 g/mol. The Hall–Kier alpha value is -2.11. The van der Waals surface area contributed by atoms with Crippen LogP contribution in [-0.4, -0.2) is 31.0 Å². The summed E-state index contributed by atoms with van der Waals surface area (Å²) in [6, 6.07) is 4.71. The van der Waals surface area contributed by atoms with Gasteiger partial charge in [0, 0.05) is 31.8 Å². The molecule has 1 aliphatic rings. The number of carbonyl (C=O) groups is 1. The van der Waals surface area contributed by atoms with Crippen LogP contribution in [0.25, 0.3) is 0 Å². The standard InChI is InChI=1S/C16H23N3O3/c1-16(2)7-4-9-18(10-8-16)13-6-5-12(15(20)17-3)11-14(13)19(21)22/h5-6,11H,4,7-10H2,1-3H3,(H,17,20). The zero-order chi connectivity index (χ0) is 16.3. The van der Waals surface area contributed by atoms with Crippen LogP contribution >= 0.6 is 0 Å². The van der Waals surface area contributed by atoms with Crippen molar-refractivity contribution in [2.45, 2.75) is 33.1 Å². The van der Waals surface area contributed by atoms with E-state index in [2.05, 4.69) is 24.1 Å². The molecule has 1 aromatic rings. The Morgan fingerprint density at radius 1 is 1.32 bits per heavy atom. The van der Waals surface area contributed by atoms with Crippen molar-refractivity contribution in [3.63, 3.8) is 0 Å². The van der Waals surface area contributed by atoms with Gasteiger partial charge in [0.2, 0.25) is 0 Å². The first kappa shape index (κ1) is 16.3. The fraction of sp³-hybridized carbons (Fsp3) is 0.562. The van der Waals surface area contributed by atoms with Gasteiger partial charge in [-0.15, -0.1) is 0 Å². The number of nitro benzene ring substituents is 1. The zero-order valence-corrected chi connectivity index (χ0v) is 13.4. The van der Waals surface area contributed by atoms with Gasteiger partial charge >= 0.3 is 0 Å². The fourth-order valence-corrected chi connectivity index (χ4v) is 2.89. The van der Waals surface area contributed by atoms with Gasteiger partial charge < -0.3 is 10.2 Å². The molecule has 0 spiro atoms. The number of nitrogens with one attached hydrogen (secondary N) is 1. The molecular formula is C16H23N3O3. The Labute approximate surface area is 130 Å². The number of nitro groups is 1. The highest BCUT2D eigenvalue weighted by atomic mass is 16.6. The summed E-state index contributed by atoms with van der Waals surface area (Å²) < 4.78 is 0. The lowest BCUT2D eigenvalue weighted by Crippen LogP contribution is -2.26. The van der Waals surface area contributed by atoms with Gasteiger partial charge in [-0.1, -0.05) is 13.8 Å². The molecular weight excluding hydrogens is 282 g/mol. The quantitative estimate of drug-likeness (QED) is 0.688. The van der Waals surface area contributed by atoms with Crippen LogP contribution in [0.1, 0.15) is 43.5 Å². The minimum absolute atomic E-state index is 0.000746. The van der Waals surface area contributed by atoms with Crippen molar-refractivity contribution in [3.8, 4) is 0 Å². The summed E-state index contributed by atoms with van der Waals surface area (Å²) in [5.41, 5.74) is 1.19. The lowest BCUT2D eigenvalue weighted by molar-refractivity contribution is -0.384. The molecule has 6 nitrogen and oxygen atoms in total. The van der Waals surface area contributed by atoms with Gasteiger partial charge in [0.15, 0.2) is 0 Å². The van der Waals surface area contributed by atoms with Crippen molar-refractivity contribution in [3.05, 3.63) is 33.9 Å². The topological polar surface area (TPSA) is 75.5 Å². The van der Waals surface area contributed by atoms with Crippen molar-refractivity contribution in [1.29, 1.82) is 0 Å². The van der Waals surface area contributed by atoms with Gasteiger partial charge in [0.1, 0.15) is 5.69 Å². The second kappa shape index (κ2) is 6.34. The molecule has 1 aliphatic heterocycles. The van der Waals surface area contributed by atoms with E-state index < -0.39 is 4.92 Å². The van der Waals surface area contributed by atoms with Gasteiger partial charge in [-0.2, -0.15) is 0 Å². The molecule has 1 fully saturated rings. The second-order valence-electron chi connectivity index (χ2n) is 6.54. The summed E-state index contributed by atoms with van der Waals surface area (Å²) in [6.45, 7) is 6.08. The van der Waals surface area contributed by atoms with Crippen LogP contribution in [0, 0.1) is 15.5 Å². The number of rotatable bonds is 3. The largest absolute Gasteiger partial charge is 0.366 e. The minimum Gasteiger partial charge on any atom is -0.366 e. The zero-order valence-electron chi connectivity index (χ0n) is 13.4. The number of amides is 1. The Balaban J connectivity index is 2.34. The van der Waals surface area contributed by atoms with E-state index in [0.29, 0.717) is 11.3 Å². The monoisotopic (exact) mass is 305 g/mol. The van der Waals surface area contributed by atoms with Crippen LogP contribution in [0.15, 0.2) is 18.2 Å². The molecule has 22 heavy (non-hydrogen) atoms. The predicted octanol–water partition coefficient (Wildman–Crippen LogP) is 2.97. The van der Waals surface area contributed by atoms with Crippen molar-refractivity contribution in [1.82, 2.24) is 5.32 Å². The summed E-state index contributed by atoms with van der Waals surface area (Å²) in [7, 11) is 1.51. The molecule has 0 unspecified atom stereocenters. The Bertz CT molecular complexity index is 584. The second-order valence-corrected chi connectivity index (χ2v) is 6.54. The van der Waals surface area contributed by atoms with Gasteiger partial charge in [-0.25, -0.2) is 0 Å². The van der Waals surface area contributed by atoms with Gasteiger partial charge in [0.25, 0.3) is 11.6 Å². The predicted molar refractivity (Wildman–Crippen MR) is 86.3 cm³/mol. The van der Waals surface area contributed by atoms with Gasteiger partial charge in [0.05, 0.1) is 4.92 Å². The van der Waals surface area contributed by atoms with E-state index >= 15 is 0 Å². The number of hydrogen-bond donors (Lipinski definition) is 1. The van der Waals surface area contributed by atoms with E-state index in [1.54, 1.807) is 12.1 Å². The summed E-state index contributed by atoms with van der Waals surface area (Å²) >= 11 is 0. The molecule has 0 aliphatic carbocycles. The SMILES string of the molecule is CNC(=O)c1ccc(N2CCCC(C)(C)CC2)c([N+](=O)[O-])c1. The Morgan fingerprint density at radius 3 is 2.68 bits per heavy atom. The molecule has 0 radical (unpaired) electrons. The van der Waals surface area contributed by atoms with E-state index in [9.17, 15) is 14.9 Å². The average Bonchev–Trinajstić information content (AvgIpc) is 2.66. The number of nitrogens with zero attached hydrogens (tertiary/aromatic N) is 2. The normalized spacial score (nSPS) is 17.7. The highest BCUT2D eigenvalue weighted by Gasteiger charge is 2.27. The third-order valence-electron chi connectivity index (χ3n) is 4.34. The fourth-order valence-electron chi connectivity index (χ4n) is 2.89. The minimum atomic E-state index is -0.405. The molecule has 1 saturated heterocycles. The van der Waals surface area contributed by atoms with Crippen LogP contribution in [-0.2, 0) is 0 Å². The maximum Gasteiger partial charge on any atom is 0.293 e. The van der Waals surface area contributed by atoms with E-state index in [1.807, 2.05) is 0 Å². The van der Waals surface area contributed by atoms with Crippen molar-refractivity contribution >= 4 is 17.3 Å². The summed E-state index contributed by atoms with van der Waals surface area (Å²) in [5.74, 6) is -0.313. The molecule has 120 valence electrons. The molecule has 6 heteroatoms. The molecule has 1 N–H and O–H groups in total. The molecule has 0 aromatic heterocycles. The number of anilines is 1. The van der Waals surface area contributed by atoms with Crippen molar-refractivity contribution in [2.75, 3.05) is 25.0 Å². The molecule has 1 heterocycles. The lowest BCUT2D eigenvalue weighted by Gasteiger charge is -2.24. The van der Waals surface area contributed by atoms with Crippen molar-refractivity contribution in [2.24, 2.45) is 5.41 Å². The van der Waals surface area contributed by atoms with E-state index in [-0.39, 0.29) is 17.0 Å². The molecule has 1 aromatic carbocycles. The molecule has 0 bridgehead atoms. The number of benzene rings is 1. The van der Waals surface area contributed by atoms with Gasteiger partial charge in [-0.05, 0) is 36.8 Å². The maximum atomic E-state index is 11.7. The molecule has 2 rings (SSSR count). The van der Waals surface area contributed by atoms with Crippen molar-refractivity contribution < 1.29 is 9.72 Å². The summed E-state index contributed by atoms with van der Waals surface area (Å²) in [5, 5.41) is 13.9. The third kappa shape index (κ3) is 3.55. The summed E-state index contributed by atoms with van der Waals surface area (Å²) in [6.07, 6.45) is 3.14. The molecule has 0 atom stereocenters. The maximum absolute atomic E-state index is 11.7. The highest BCUT2D eigenvalue weighted by Crippen LogP contribution is 2.35. The Morgan fingerprint density at radius 2 is 2.05 bits per heavy atom. The van der Waals surface area contributed by atoms with Crippen LogP contribution in [0.2, 0.25) is 0 Å². The van der Waals surface area contributed by atoms with E-state index in [4.69, 9.17) is 0 Å². The van der Waals surface area contributed by atoms with Crippen LogP contribution in [0.4, 0.5) is 11.4 Å². The first-order chi connectivity index (χ1) is 10.3. The van der Waals surface area contributed by atoms with Crippen LogP contribution < -0.4 is 10.2 Å². The summed E-state index contributed by atoms with van der Waals surface area (Å²) in [4.78, 5) is 24.7. The first-order valence-corrected chi connectivity index (χ1v) is 7.59.